The Balaban J connectivity index is 2.72. The lowest BCUT2D eigenvalue weighted by atomic mass is 10.1. The van der Waals surface area contributed by atoms with Crippen LogP contribution in [0.15, 0.2) is 36.0 Å². The van der Waals surface area contributed by atoms with Crippen LogP contribution in [-0.2, 0) is 0 Å². The number of rotatable bonds is 2. The summed E-state index contributed by atoms with van der Waals surface area (Å²) in [6.45, 7) is 7.87. The Morgan fingerprint density at radius 2 is 2.18 bits per heavy atom. The average molecular weight is 149 g/mol. The first kappa shape index (κ1) is 8.28. The molecule has 0 amide bonds. The molecule has 0 unspecified atom stereocenters. The van der Waals surface area contributed by atoms with E-state index in [9.17, 15) is 0 Å². The molecule has 0 radical (unpaired) electrons. The van der Waals surface area contributed by atoms with Crippen molar-refractivity contribution < 1.29 is 0 Å². The third-order valence-corrected chi connectivity index (χ3v) is 1.81. The van der Waals surface area contributed by atoms with Crippen molar-refractivity contribution in [3.63, 3.8) is 0 Å². The van der Waals surface area contributed by atoms with Crippen LogP contribution in [0.5, 0.6) is 0 Å². The first-order valence-electron chi connectivity index (χ1n) is 4.10. The largest absolute Gasteiger partial charge is 0.309 e. The van der Waals surface area contributed by atoms with Gasteiger partial charge in [-0.05, 0) is 17.6 Å². The van der Waals surface area contributed by atoms with Crippen molar-refractivity contribution in [3.8, 4) is 0 Å². The molecule has 1 heteroatoms. The monoisotopic (exact) mass is 149 g/mol. The minimum atomic E-state index is 0.998. The predicted molar refractivity (Wildman–Crippen MR) is 49.5 cm³/mol. The fourth-order valence-corrected chi connectivity index (χ4v) is 1.32. The molecule has 0 aromatic heterocycles. The normalized spacial score (nSPS) is 24.8. The third-order valence-electron chi connectivity index (χ3n) is 1.81. The summed E-state index contributed by atoms with van der Waals surface area (Å²) < 4.78 is 0. The van der Waals surface area contributed by atoms with Crippen LogP contribution in [0.3, 0.4) is 0 Å². The van der Waals surface area contributed by atoms with Crippen LogP contribution in [0, 0.1) is 0 Å². The van der Waals surface area contributed by atoms with E-state index in [1.807, 2.05) is 6.08 Å². The molecule has 1 saturated heterocycles. The van der Waals surface area contributed by atoms with Crippen molar-refractivity contribution in [3.05, 3.63) is 36.0 Å². The molecule has 0 aromatic rings. The van der Waals surface area contributed by atoms with Gasteiger partial charge in [-0.25, -0.2) is 0 Å². The topological polar surface area (TPSA) is 12.0 Å². The van der Waals surface area contributed by atoms with Crippen molar-refractivity contribution in [2.45, 2.75) is 13.3 Å². The van der Waals surface area contributed by atoms with E-state index < -0.39 is 0 Å². The van der Waals surface area contributed by atoms with Gasteiger partial charge in [0.25, 0.3) is 0 Å². The van der Waals surface area contributed by atoms with Crippen LogP contribution in [0.2, 0.25) is 0 Å². The highest BCUT2D eigenvalue weighted by Crippen LogP contribution is 2.14. The van der Waals surface area contributed by atoms with E-state index >= 15 is 0 Å². The second kappa shape index (κ2) is 4.14. The van der Waals surface area contributed by atoms with Crippen molar-refractivity contribution in [1.29, 1.82) is 0 Å². The average Bonchev–Trinajstić information content (AvgIpc) is 2.39. The highest BCUT2D eigenvalue weighted by atomic mass is 14.9. The predicted octanol–water partition coefficient (Wildman–Crippen LogP) is 2.04. The third kappa shape index (κ3) is 2.05. The van der Waals surface area contributed by atoms with Crippen LogP contribution in [-0.4, -0.2) is 13.1 Å². The van der Waals surface area contributed by atoms with Gasteiger partial charge in [0.15, 0.2) is 0 Å². The molecule has 1 rings (SSSR count). The van der Waals surface area contributed by atoms with E-state index in [0.29, 0.717) is 0 Å². The Morgan fingerprint density at radius 1 is 1.45 bits per heavy atom. The molecule has 1 N–H and O–H groups in total. The summed E-state index contributed by atoms with van der Waals surface area (Å²) in [5, 5.41) is 3.31. The lowest BCUT2D eigenvalue weighted by Crippen LogP contribution is -2.04. The minimum Gasteiger partial charge on any atom is -0.309 e. The van der Waals surface area contributed by atoms with Gasteiger partial charge in [-0.15, -0.1) is 0 Å². The summed E-state index contributed by atoms with van der Waals surface area (Å²) in [6, 6.07) is 0. The quantitative estimate of drug-likeness (QED) is 0.633. The molecule has 0 aromatic carbocycles. The Morgan fingerprint density at radius 3 is 2.82 bits per heavy atom. The molecule has 0 aliphatic carbocycles. The number of nitrogens with one attached hydrogen (secondary N) is 1. The summed E-state index contributed by atoms with van der Waals surface area (Å²) in [4.78, 5) is 0. The smallest absolute Gasteiger partial charge is 0.0211 e. The summed E-state index contributed by atoms with van der Waals surface area (Å²) in [5.74, 6) is 0. The zero-order chi connectivity index (χ0) is 8.10. The Labute approximate surface area is 68.5 Å². The van der Waals surface area contributed by atoms with Crippen molar-refractivity contribution in [2.24, 2.45) is 0 Å². The molecule has 0 spiro atoms. The summed E-state index contributed by atoms with van der Waals surface area (Å²) in [7, 11) is 0. The Bertz CT molecular complexity index is 199. The zero-order valence-electron chi connectivity index (χ0n) is 7.06. The van der Waals surface area contributed by atoms with Gasteiger partial charge in [-0.3, -0.25) is 0 Å². The van der Waals surface area contributed by atoms with Crippen LogP contribution in [0.4, 0.5) is 0 Å². The molecule has 1 aliphatic rings. The lowest BCUT2D eigenvalue weighted by Gasteiger charge is -1.95. The molecule has 1 fully saturated rings. The number of allylic oxidation sites excluding steroid dienone is 3. The SMILES string of the molecule is C=C/C=C1/CNC/C1=C/CC. The van der Waals surface area contributed by atoms with E-state index in [4.69, 9.17) is 0 Å². The second-order valence-corrected chi connectivity index (χ2v) is 2.67. The molecule has 1 aliphatic heterocycles. The van der Waals surface area contributed by atoms with Crippen molar-refractivity contribution in [1.82, 2.24) is 5.32 Å². The van der Waals surface area contributed by atoms with Crippen LogP contribution in [0.1, 0.15) is 13.3 Å². The lowest BCUT2D eigenvalue weighted by molar-refractivity contribution is 0.893. The summed E-state index contributed by atoms with van der Waals surface area (Å²) in [6.07, 6.45) is 7.33. The molecular formula is C10H15N. The summed E-state index contributed by atoms with van der Waals surface area (Å²) >= 11 is 0. The van der Waals surface area contributed by atoms with E-state index in [1.165, 1.54) is 11.1 Å². The molecule has 60 valence electrons. The van der Waals surface area contributed by atoms with Crippen LogP contribution < -0.4 is 5.32 Å². The van der Waals surface area contributed by atoms with Gasteiger partial charge in [-0.2, -0.15) is 0 Å². The van der Waals surface area contributed by atoms with Gasteiger partial charge in [0, 0.05) is 13.1 Å². The second-order valence-electron chi connectivity index (χ2n) is 2.67. The van der Waals surface area contributed by atoms with Gasteiger partial charge in [0.2, 0.25) is 0 Å². The first-order chi connectivity index (χ1) is 5.38. The maximum absolute atomic E-state index is 3.69. The van der Waals surface area contributed by atoms with E-state index in [-0.39, 0.29) is 0 Å². The fraction of sp³-hybridized carbons (Fsp3) is 0.400. The molecule has 0 atom stereocenters. The number of hydrogen-bond acceptors (Lipinski definition) is 1. The Kier molecular flexibility index (Phi) is 3.12. The first-order valence-corrected chi connectivity index (χ1v) is 4.10. The van der Waals surface area contributed by atoms with Gasteiger partial charge in [0.05, 0.1) is 0 Å². The highest BCUT2D eigenvalue weighted by molar-refractivity contribution is 5.39. The van der Waals surface area contributed by atoms with Gasteiger partial charge in [0.1, 0.15) is 0 Å². The standard InChI is InChI=1S/C10H15N/c1-3-5-9-7-11-8-10(9)6-4-2/h3,5-6,11H,1,4,7-8H2,2H3/b9-5-,10-6-. The maximum atomic E-state index is 3.69. The molecule has 1 nitrogen and oxygen atoms in total. The summed E-state index contributed by atoms with van der Waals surface area (Å²) in [5.41, 5.74) is 2.83. The maximum Gasteiger partial charge on any atom is 0.0211 e. The zero-order valence-corrected chi connectivity index (χ0v) is 7.06. The van der Waals surface area contributed by atoms with Crippen molar-refractivity contribution >= 4 is 0 Å². The van der Waals surface area contributed by atoms with Gasteiger partial charge < -0.3 is 5.32 Å². The highest BCUT2D eigenvalue weighted by Gasteiger charge is 2.10. The Hall–Kier alpha value is -0.820. The molecule has 11 heavy (non-hydrogen) atoms. The molecule has 0 bridgehead atoms. The molecular weight excluding hydrogens is 134 g/mol. The van der Waals surface area contributed by atoms with E-state index in [2.05, 4.69) is 31.0 Å². The van der Waals surface area contributed by atoms with Crippen LogP contribution >= 0.6 is 0 Å². The van der Waals surface area contributed by atoms with Gasteiger partial charge >= 0.3 is 0 Å². The fourth-order valence-electron chi connectivity index (χ4n) is 1.32. The number of hydrogen-bond donors (Lipinski definition) is 1. The minimum absolute atomic E-state index is 0.998. The van der Waals surface area contributed by atoms with Crippen LogP contribution in [0.25, 0.3) is 0 Å². The van der Waals surface area contributed by atoms with Crippen molar-refractivity contribution in [2.75, 3.05) is 13.1 Å². The molecule has 0 saturated carbocycles. The van der Waals surface area contributed by atoms with E-state index in [1.54, 1.807) is 0 Å². The van der Waals surface area contributed by atoms with E-state index in [0.717, 1.165) is 19.5 Å². The molecule has 1 heterocycles. The van der Waals surface area contributed by atoms with Gasteiger partial charge in [-0.1, -0.05) is 31.7 Å².